The van der Waals surface area contributed by atoms with Crippen LogP contribution >= 0.6 is 0 Å². The third-order valence-electron chi connectivity index (χ3n) is 9.64. The Bertz CT molecular complexity index is 1760. The van der Waals surface area contributed by atoms with Crippen molar-refractivity contribution in [1.82, 2.24) is 25.4 Å². The zero-order valence-electron chi connectivity index (χ0n) is 27.2. The van der Waals surface area contributed by atoms with Crippen LogP contribution in [0, 0.1) is 5.82 Å². The van der Waals surface area contributed by atoms with Gasteiger partial charge in [-0.25, -0.2) is 9.37 Å². The molecule has 0 radical (unpaired) electrons. The van der Waals surface area contributed by atoms with Crippen LogP contribution in [-0.4, -0.2) is 70.2 Å². The number of carbonyl (C=O) groups is 2. The second-order valence-corrected chi connectivity index (χ2v) is 13.1. The summed E-state index contributed by atoms with van der Waals surface area (Å²) in [6.45, 7) is 5.84. The third-order valence-corrected chi connectivity index (χ3v) is 9.64. The van der Waals surface area contributed by atoms with Crippen molar-refractivity contribution in [2.45, 2.75) is 70.1 Å². The van der Waals surface area contributed by atoms with E-state index in [1.807, 2.05) is 43.4 Å². The van der Waals surface area contributed by atoms with Crippen molar-refractivity contribution in [2.24, 2.45) is 4.99 Å². The summed E-state index contributed by atoms with van der Waals surface area (Å²) in [5.41, 5.74) is 4.43. The number of halogens is 1. The highest BCUT2D eigenvalue weighted by Gasteiger charge is 2.33. The number of rotatable bonds is 9. The highest BCUT2D eigenvalue weighted by atomic mass is 19.1. The van der Waals surface area contributed by atoms with Crippen LogP contribution < -0.4 is 15.4 Å². The van der Waals surface area contributed by atoms with E-state index in [1.54, 1.807) is 6.07 Å². The standard InChI is InChI=1S/C38H41FN6O3/c1-25-6-4-9-35-43-34(24-45(25)35)37(47)42-31-16-14-30(15-17-31)41-36(46)33-21-29(39)22-40-38(33)48-32-8-5-7-28(20-32)27-12-10-26(11-13-27)23-44-18-2-3-19-44/h4-13,20-22,30-31,34H,2-3,14-19,23-24H2,1H3,(H,41,46)(H,42,47)/t30-,31+,34?. The summed E-state index contributed by atoms with van der Waals surface area (Å²) in [4.78, 5) is 39.6. The van der Waals surface area contributed by atoms with Gasteiger partial charge in [-0.05, 0) is 106 Å². The molecule has 3 aliphatic heterocycles. The molecule has 1 aliphatic carbocycles. The molecule has 48 heavy (non-hydrogen) atoms. The summed E-state index contributed by atoms with van der Waals surface area (Å²) in [5.74, 6) is 0.240. The average molecular weight is 649 g/mol. The van der Waals surface area contributed by atoms with Crippen LogP contribution in [0.5, 0.6) is 11.6 Å². The molecular weight excluding hydrogens is 607 g/mol. The first-order chi connectivity index (χ1) is 23.4. The minimum absolute atomic E-state index is 0.0129. The van der Waals surface area contributed by atoms with Gasteiger partial charge in [0.1, 0.15) is 29.0 Å². The number of hydrogen-bond acceptors (Lipinski definition) is 7. The Balaban J connectivity index is 0.940. The maximum absolute atomic E-state index is 14.3. The Morgan fingerprint density at radius 1 is 0.958 bits per heavy atom. The number of amides is 2. The molecule has 1 saturated carbocycles. The highest BCUT2D eigenvalue weighted by molar-refractivity contribution is 6.00. The molecule has 4 heterocycles. The van der Waals surface area contributed by atoms with Gasteiger partial charge < -0.3 is 20.3 Å². The van der Waals surface area contributed by atoms with Gasteiger partial charge in [-0.3, -0.25) is 19.5 Å². The molecule has 1 unspecified atom stereocenters. The molecule has 2 N–H and O–H groups in total. The topological polar surface area (TPSA) is 99.2 Å². The predicted molar refractivity (Wildman–Crippen MR) is 183 cm³/mol. The summed E-state index contributed by atoms with van der Waals surface area (Å²) in [7, 11) is 0. The number of ether oxygens (including phenoxy) is 1. The molecule has 0 bridgehead atoms. The lowest BCUT2D eigenvalue weighted by Crippen LogP contribution is -2.47. The molecule has 4 aliphatic rings. The quantitative estimate of drug-likeness (QED) is 0.296. The molecular formula is C38H41FN6O3. The Kier molecular flexibility index (Phi) is 9.34. The second-order valence-electron chi connectivity index (χ2n) is 13.1. The van der Waals surface area contributed by atoms with Crippen molar-refractivity contribution in [3.8, 4) is 22.8 Å². The van der Waals surface area contributed by atoms with Crippen LogP contribution in [0.15, 0.2) is 89.7 Å². The Hall–Kier alpha value is -4.83. The van der Waals surface area contributed by atoms with E-state index >= 15 is 0 Å². The molecule has 2 fully saturated rings. The fraction of sp³-hybridized carbons (Fsp3) is 0.368. The largest absolute Gasteiger partial charge is 0.438 e. The van der Waals surface area contributed by atoms with E-state index in [-0.39, 0.29) is 29.4 Å². The van der Waals surface area contributed by atoms with Crippen molar-refractivity contribution >= 4 is 17.6 Å². The molecule has 10 heteroatoms. The smallest absolute Gasteiger partial charge is 0.257 e. The van der Waals surface area contributed by atoms with Gasteiger partial charge in [0.2, 0.25) is 11.8 Å². The number of hydrogen-bond donors (Lipinski definition) is 2. The number of amidine groups is 1. The van der Waals surface area contributed by atoms with E-state index < -0.39 is 17.8 Å². The third kappa shape index (κ3) is 7.33. The average Bonchev–Trinajstić information content (AvgIpc) is 3.78. The first kappa shape index (κ1) is 31.8. The monoisotopic (exact) mass is 648 g/mol. The van der Waals surface area contributed by atoms with Gasteiger partial charge in [-0.15, -0.1) is 0 Å². The van der Waals surface area contributed by atoms with Crippen LogP contribution in [0.2, 0.25) is 0 Å². The van der Waals surface area contributed by atoms with Gasteiger partial charge in [0.25, 0.3) is 5.91 Å². The van der Waals surface area contributed by atoms with E-state index in [2.05, 4.69) is 54.7 Å². The van der Waals surface area contributed by atoms with Gasteiger partial charge in [-0.1, -0.05) is 42.5 Å². The second kappa shape index (κ2) is 14.1. The summed E-state index contributed by atoms with van der Waals surface area (Å²) < 4.78 is 20.4. The molecule has 2 amide bonds. The van der Waals surface area contributed by atoms with Crippen molar-refractivity contribution in [1.29, 1.82) is 0 Å². The van der Waals surface area contributed by atoms with Crippen LogP contribution in [0.4, 0.5) is 4.39 Å². The molecule has 9 nitrogen and oxygen atoms in total. The predicted octanol–water partition coefficient (Wildman–Crippen LogP) is 5.99. The number of carbonyl (C=O) groups excluding carboxylic acids is 2. The minimum Gasteiger partial charge on any atom is -0.438 e. The van der Waals surface area contributed by atoms with E-state index in [1.165, 1.54) is 18.4 Å². The van der Waals surface area contributed by atoms with Crippen LogP contribution in [0.1, 0.15) is 61.4 Å². The highest BCUT2D eigenvalue weighted by Crippen LogP contribution is 2.30. The number of nitrogens with zero attached hydrogens (tertiary/aromatic N) is 4. The van der Waals surface area contributed by atoms with Gasteiger partial charge in [0.15, 0.2) is 0 Å². The van der Waals surface area contributed by atoms with E-state index in [9.17, 15) is 14.0 Å². The first-order valence-corrected chi connectivity index (χ1v) is 16.9. The summed E-state index contributed by atoms with van der Waals surface area (Å²) >= 11 is 0. The maximum Gasteiger partial charge on any atom is 0.257 e. The fourth-order valence-electron chi connectivity index (χ4n) is 6.96. The molecule has 7 rings (SSSR count). The lowest BCUT2D eigenvalue weighted by atomic mass is 9.90. The number of benzene rings is 2. The van der Waals surface area contributed by atoms with Crippen molar-refractivity contribution in [3.63, 3.8) is 0 Å². The molecule has 248 valence electrons. The Labute approximate surface area is 280 Å². The van der Waals surface area contributed by atoms with Gasteiger partial charge in [0.05, 0.1) is 12.7 Å². The number of aliphatic imine (C=N–C) groups is 1. The van der Waals surface area contributed by atoms with Crippen LogP contribution in [-0.2, 0) is 11.3 Å². The molecule has 0 spiro atoms. The molecule has 1 aromatic heterocycles. The number of nitrogens with one attached hydrogen (secondary N) is 2. The number of aromatic nitrogens is 1. The van der Waals surface area contributed by atoms with Crippen molar-refractivity contribution < 1.29 is 18.7 Å². The first-order valence-electron chi connectivity index (χ1n) is 16.9. The normalized spacial score (nSPS) is 22.1. The summed E-state index contributed by atoms with van der Waals surface area (Å²) in [6, 6.07) is 16.8. The van der Waals surface area contributed by atoms with E-state index in [0.717, 1.165) is 67.4 Å². The van der Waals surface area contributed by atoms with Crippen LogP contribution in [0.3, 0.4) is 0 Å². The molecule has 1 saturated heterocycles. The number of fused-ring (bicyclic) bond motifs is 1. The molecule has 1 atom stereocenters. The van der Waals surface area contributed by atoms with Crippen molar-refractivity contribution in [2.75, 3.05) is 19.6 Å². The van der Waals surface area contributed by atoms with E-state index in [0.29, 0.717) is 25.1 Å². The zero-order valence-corrected chi connectivity index (χ0v) is 27.2. The van der Waals surface area contributed by atoms with Gasteiger partial charge >= 0.3 is 0 Å². The number of pyridine rings is 1. The number of allylic oxidation sites excluding steroid dienone is 3. The Morgan fingerprint density at radius 3 is 2.46 bits per heavy atom. The maximum atomic E-state index is 14.3. The zero-order chi connectivity index (χ0) is 33.0. The fourth-order valence-corrected chi connectivity index (χ4v) is 6.96. The summed E-state index contributed by atoms with van der Waals surface area (Å²) in [6.07, 6.45) is 12.3. The SMILES string of the molecule is CC1=CC=CC2=NC(C(=O)N[C@H]3CC[C@@H](NC(=O)c4cc(F)cnc4Oc4cccc(-c5ccc(CN6CCCC6)cc5)c4)CC3)CN12. The molecule has 2 aromatic carbocycles. The Morgan fingerprint density at radius 2 is 1.71 bits per heavy atom. The van der Waals surface area contributed by atoms with Crippen molar-refractivity contribution in [3.05, 3.63) is 102 Å². The molecule has 3 aromatic rings. The summed E-state index contributed by atoms with van der Waals surface area (Å²) in [5, 5.41) is 6.20. The lowest BCUT2D eigenvalue weighted by Gasteiger charge is -2.30. The minimum atomic E-state index is -0.616. The van der Waals surface area contributed by atoms with Gasteiger partial charge in [0, 0.05) is 24.3 Å². The van der Waals surface area contributed by atoms with E-state index in [4.69, 9.17) is 4.74 Å². The van der Waals surface area contributed by atoms with Crippen LogP contribution in [0.25, 0.3) is 11.1 Å². The van der Waals surface area contributed by atoms with Gasteiger partial charge in [-0.2, -0.15) is 0 Å². The lowest BCUT2D eigenvalue weighted by molar-refractivity contribution is -0.123. The number of likely N-dealkylation sites (tertiary alicyclic amines) is 1.